The summed E-state index contributed by atoms with van der Waals surface area (Å²) in [6.45, 7) is 2.26. The maximum Gasteiger partial charge on any atom is 0.246 e. The van der Waals surface area contributed by atoms with Crippen molar-refractivity contribution in [3.63, 3.8) is 0 Å². The molecule has 1 aromatic rings. The van der Waals surface area contributed by atoms with E-state index in [1.165, 1.54) is 6.42 Å². The number of nitrogens with one attached hydrogen (secondary N) is 1. The molecule has 0 spiro atoms. The molecule has 1 saturated carbocycles. The molecule has 6 nitrogen and oxygen atoms in total. The summed E-state index contributed by atoms with van der Waals surface area (Å²) in [5, 5.41) is 6.79. The van der Waals surface area contributed by atoms with Crippen molar-refractivity contribution in [3.8, 4) is 0 Å². The van der Waals surface area contributed by atoms with Gasteiger partial charge < -0.3 is 14.7 Å². The largest absolute Gasteiger partial charge is 0.361 e. The van der Waals surface area contributed by atoms with Crippen LogP contribution in [0.3, 0.4) is 0 Å². The van der Waals surface area contributed by atoms with Crippen molar-refractivity contribution in [1.82, 2.24) is 15.4 Å². The molecule has 2 amide bonds. The second-order valence-corrected chi connectivity index (χ2v) is 6.07. The average molecular weight is 291 g/mol. The van der Waals surface area contributed by atoms with Crippen LogP contribution in [0.5, 0.6) is 0 Å². The maximum atomic E-state index is 12.6. The van der Waals surface area contributed by atoms with Gasteiger partial charge in [-0.15, -0.1) is 0 Å². The van der Waals surface area contributed by atoms with E-state index in [9.17, 15) is 9.59 Å². The number of aromatic nitrogens is 1. The first-order valence-electron chi connectivity index (χ1n) is 7.64. The van der Waals surface area contributed by atoms with Gasteiger partial charge in [-0.1, -0.05) is 24.4 Å². The molecule has 6 heteroatoms. The van der Waals surface area contributed by atoms with Gasteiger partial charge in [0.05, 0.1) is 6.54 Å². The zero-order valence-corrected chi connectivity index (χ0v) is 12.3. The lowest BCUT2D eigenvalue weighted by atomic mass is 9.82. The Morgan fingerprint density at radius 3 is 2.76 bits per heavy atom. The normalized spacial score (nSPS) is 24.2. The van der Waals surface area contributed by atoms with Crippen molar-refractivity contribution in [2.75, 3.05) is 6.54 Å². The molecule has 0 bridgehead atoms. The van der Waals surface area contributed by atoms with E-state index < -0.39 is 0 Å². The predicted molar refractivity (Wildman–Crippen MR) is 75.2 cm³/mol. The molecule has 2 aliphatic rings. The Kier molecular flexibility index (Phi) is 3.94. The number of nitrogens with zero attached hydrogens (tertiary/aromatic N) is 2. The lowest BCUT2D eigenvalue weighted by molar-refractivity contribution is -0.146. The Bertz CT molecular complexity index is 534. The van der Waals surface area contributed by atoms with Gasteiger partial charge in [-0.05, 0) is 25.7 Å². The minimum absolute atomic E-state index is 0.0159. The van der Waals surface area contributed by atoms with E-state index >= 15 is 0 Å². The molecule has 114 valence electrons. The molecule has 1 unspecified atom stereocenters. The van der Waals surface area contributed by atoms with Gasteiger partial charge in [0.15, 0.2) is 0 Å². The number of hydrogen-bond donors (Lipinski definition) is 1. The van der Waals surface area contributed by atoms with Crippen LogP contribution in [-0.2, 0) is 16.1 Å². The lowest BCUT2D eigenvalue weighted by Gasteiger charge is -2.37. The molecule has 1 N–H and O–H groups in total. The van der Waals surface area contributed by atoms with E-state index in [-0.39, 0.29) is 30.3 Å². The number of amides is 2. The van der Waals surface area contributed by atoms with Crippen molar-refractivity contribution in [2.45, 2.75) is 51.6 Å². The number of piperazine rings is 1. The summed E-state index contributed by atoms with van der Waals surface area (Å²) >= 11 is 0. The summed E-state index contributed by atoms with van der Waals surface area (Å²) in [5.41, 5.74) is 0.693. The molecule has 0 radical (unpaired) electrons. The molecule has 21 heavy (non-hydrogen) atoms. The molecular weight excluding hydrogens is 270 g/mol. The summed E-state index contributed by atoms with van der Waals surface area (Å²) in [4.78, 5) is 26.1. The zero-order valence-electron chi connectivity index (χ0n) is 12.3. The Balaban J connectivity index is 1.71. The highest BCUT2D eigenvalue weighted by Gasteiger charge is 2.38. The number of carbonyl (C=O) groups is 2. The van der Waals surface area contributed by atoms with E-state index in [0.717, 1.165) is 25.7 Å². The van der Waals surface area contributed by atoms with Gasteiger partial charge >= 0.3 is 0 Å². The first-order valence-corrected chi connectivity index (χ1v) is 7.64. The van der Waals surface area contributed by atoms with E-state index in [1.54, 1.807) is 11.0 Å². The van der Waals surface area contributed by atoms with Crippen LogP contribution < -0.4 is 5.32 Å². The SMILES string of the molecule is Cc1cc(CN2CC(=O)NC(C3CCCCC3)C2=O)no1. The molecule has 1 aromatic heterocycles. The van der Waals surface area contributed by atoms with Gasteiger partial charge in [0.2, 0.25) is 11.8 Å². The molecule has 1 saturated heterocycles. The van der Waals surface area contributed by atoms with Crippen molar-refractivity contribution in [2.24, 2.45) is 5.92 Å². The van der Waals surface area contributed by atoms with Crippen molar-refractivity contribution < 1.29 is 14.1 Å². The fraction of sp³-hybridized carbons (Fsp3) is 0.667. The van der Waals surface area contributed by atoms with Gasteiger partial charge in [0.1, 0.15) is 24.0 Å². The summed E-state index contributed by atoms with van der Waals surface area (Å²) in [6, 6.07) is 1.44. The highest BCUT2D eigenvalue weighted by Crippen LogP contribution is 2.28. The average Bonchev–Trinajstić information content (AvgIpc) is 2.89. The third-order valence-electron chi connectivity index (χ3n) is 4.38. The van der Waals surface area contributed by atoms with E-state index in [4.69, 9.17) is 4.52 Å². The highest BCUT2D eigenvalue weighted by molar-refractivity contribution is 5.95. The fourth-order valence-electron chi connectivity index (χ4n) is 3.34. The van der Waals surface area contributed by atoms with Crippen LogP contribution >= 0.6 is 0 Å². The molecule has 0 aromatic carbocycles. The topological polar surface area (TPSA) is 75.4 Å². The number of carbonyl (C=O) groups excluding carboxylic acids is 2. The monoisotopic (exact) mass is 291 g/mol. The number of rotatable bonds is 3. The Hall–Kier alpha value is -1.85. The van der Waals surface area contributed by atoms with Crippen molar-refractivity contribution in [1.29, 1.82) is 0 Å². The number of hydrogen-bond acceptors (Lipinski definition) is 4. The molecule has 1 aliphatic heterocycles. The molecule has 3 rings (SSSR count). The Labute approximate surface area is 123 Å². The fourth-order valence-corrected chi connectivity index (χ4v) is 3.34. The second kappa shape index (κ2) is 5.87. The van der Waals surface area contributed by atoms with Gasteiger partial charge in [0, 0.05) is 6.07 Å². The first-order chi connectivity index (χ1) is 10.1. The van der Waals surface area contributed by atoms with E-state index in [0.29, 0.717) is 18.0 Å². The summed E-state index contributed by atoms with van der Waals surface area (Å²) < 4.78 is 5.02. The van der Waals surface area contributed by atoms with Crippen LogP contribution in [0.2, 0.25) is 0 Å². The minimum atomic E-state index is -0.362. The molecule has 1 aliphatic carbocycles. The molecular formula is C15H21N3O3. The van der Waals surface area contributed by atoms with Crippen LogP contribution in [0.25, 0.3) is 0 Å². The highest BCUT2D eigenvalue weighted by atomic mass is 16.5. The van der Waals surface area contributed by atoms with Gasteiger partial charge in [-0.3, -0.25) is 9.59 Å². The predicted octanol–water partition coefficient (Wildman–Crippen LogP) is 1.39. The summed E-state index contributed by atoms with van der Waals surface area (Å²) in [5.74, 6) is 0.923. The van der Waals surface area contributed by atoms with Gasteiger partial charge in [0.25, 0.3) is 0 Å². The van der Waals surface area contributed by atoms with Crippen LogP contribution in [-0.4, -0.2) is 34.5 Å². The van der Waals surface area contributed by atoms with Crippen molar-refractivity contribution in [3.05, 3.63) is 17.5 Å². The molecule has 1 atom stereocenters. The van der Waals surface area contributed by atoms with Crippen LogP contribution in [0.4, 0.5) is 0 Å². The standard InChI is InChI=1S/C15H21N3O3/c1-10-7-12(17-21-10)8-18-9-13(19)16-14(15(18)20)11-5-3-2-4-6-11/h7,11,14H,2-6,8-9H2,1H3,(H,16,19). The van der Waals surface area contributed by atoms with Crippen LogP contribution in [0.15, 0.2) is 10.6 Å². The maximum absolute atomic E-state index is 12.6. The summed E-state index contributed by atoms with van der Waals surface area (Å²) in [7, 11) is 0. The first kappa shape index (κ1) is 14.1. The smallest absolute Gasteiger partial charge is 0.246 e. The zero-order chi connectivity index (χ0) is 14.8. The molecule has 2 heterocycles. The van der Waals surface area contributed by atoms with E-state index in [2.05, 4.69) is 10.5 Å². The number of aryl methyl sites for hydroxylation is 1. The summed E-state index contributed by atoms with van der Waals surface area (Å²) in [6.07, 6.45) is 5.56. The lowest BCUT2D eigenvalue weighted by Crippen LogP contribution is -2.60. The van der Waals surface area contributed by atoms with Crippen molar-refractivity contribution >= 4 is 11.8 Å². The molecule has 2 fully saturated rings. The van der Waals surface area contributed by atoms with E-state index in [1.807, 2.05) is 6.92 Å². The van der Waals surface area contributed by atoms with Gasteiger partial charge in [-0.25, -0.2) is 0 Å². The van der Waals surface area contributed by atoms with Crippen LogP contribution in [0, 0.1) is 12.8 Å². The second-order valence-electron chi connectivity index (χ2n) is 6.07. The third-order valence-corrected chi connectivity index (χ3v) is 4.38. The van der Waals surface area contributed by atoms with Gasteiger partial charge in [-0.2, -0.15) is 0 Å². The minimum Gasteiger partial charge on any atom is -0.361 e. The Morgan fingerprint density at radius 1 is 1.33 bits per heavy atom. The quantitative estimate of drug-likeness (QED) is 0.913. The Morgan fingerprint density at radius 2 is 2.10 bits per heavy atom. The third kappa shape index (κ3) is 3.09. The van der Waals surface area contributed by atoms with Crippen LogP contribution in [0.1, 0.15) is 43.6 Å².